The first kappa shape index (κ1) is 9.45. The van der Waals surface area contributed by atoms with Gasteiger partial charge in [0.25, 0.3) is 0 Å². The summed E-state index contributed by atoms with van der Waals surface area (Å²) in [6, 6.07) is 1.95. The van der Waals surface area contributed by atoms with Crippen molar-refractivity contribution >= 4 is 0 Å². The molecule has 0 heterocycles. The molecule has 0 aromatic rings. The summed E-state index contributed by atoms with van der Waals surface area (Å²) in [5.41, 5.74) is 0. The molecule has 0 aromatic carbocycles. The van der Waals surface area contributed by atoms with E-state index >= 15 is 0 Å². The maximum atomic E-state index is 8.17. The molecule has 0 aromatic heterocycles. The van der Waals surface area contributed by atoms with Crippen LogP contribution in [-0.4, -0.2) is 12.7 Å². The van der Waals surface area contributed by atoms with Crippen molar-refractivity contribution in [3.8, 4) is 6.07 Å². The third-order valence-electron chi connectivity index (χ3n) is 1.24. The fraction of sp³-hybridized carbons (Fsp3) is 0.875. The van der Waals surface area contributed by atoms with E-state index in [9.17, 15) is 0 Å². The number of nitriles is 1. The van der Waals surface area contributed by atoms with E-state index in [0.717, 1.165) is 6.42 Å². The van der Waals surface area contributed by atoms with Crippen LogP contribution < -0.4 is 0 Å². The maximum Gasteiger partial charge on any atom is 0.134 e. The van der Waals surface area contributed by atoms with Crippen molar-refractivity contribution in [1.82, 2.24) is 0 Å². The topological polar surface area (TPSA) is 33.0 Å². The minimum atomic E-state index is 0.216. The zero-order chi connectivity index (χ0) is 7.98. The van der Waals surface area contributed by atoms with Crippen LogP contribution in [0.15, 0.2) is 0 Å². The van der Waals surface area contributed by atoms with E-state index in [1.807, 2.05) is 13.0 Å². The predicted molar refractivity (Wildman–Crippen MR) is 40.5 cm³/mol. The minimum absolute atomic E-state index is 0.216. The molecular weight excluding hydrogens is 126 g/mol. The van der Waals surface area contributed by atoms with Crippen molar-refractivity contribution < 1.29 is 4.74 Å². The van der Waals surface area contributed by atoms with Crippen LogP contribution in [0.3, 0.4) is 0 Å². The summed E-state index contributed by atoms with van der Waals surface area (Å²) in [5.74, 6) is 0.647. The Morgan fingerprint density at radius 3 is 2.40 bits per heavy atom. The van der Waals surface area contributed by atoms with Gasteiger partial charge in [-0.05, 0) is 19.3 Å². The molecule has 0 fully saturated rings. The fourth-order valence-electron chi connectivity index (χ4n) is 0.911. The molecule has 2 heteroatoms. The Labute approximate surface area is 62.8 Å². The molecule has 0 aliphatic heterocycles. The van der Waals surface area contributed by atoms with Gasteiger partial charge in [-0.1, -0.05) is 13.8 Å². The smallest absolute Gasteiger partial charge is 0.134 e. The Kier molecular flexibility index (Phi) is 4.96. The fourth-order valence-corrected chi connectivity index (χ4v) is 0.911. The van der Waals surface area contributed by atoms with Crippen molar-refractivity contribution in [2.24, 2.45) is 5.92 Å². The standard InChI is InChI=1S/C8H15NO/c1-7(2)6-8(3)10-5-4-9/h7-8H,5-6H2,1-3H3. The molecule has 0 N–H and O–H groups in total. The lowest BCUT2D eigenvalue weighted by molar-refractivity contribution is 0.0752. The zero-order valence-electron chi connectivity index (χ0n) is 6.92. The zero-order valence-corrected chi connectivity index (χ0v) is 6.92. The molecule has 1 unspecified atom stereocenters. The number of hydrogen-bond donors (Lipinski definition) is 0. The van der Waals surface area contributed by atoms with Gasteiger partial charge in [-0.25, -0.2) is 0 Å². The Bertz CT molecular complexity index is 115. The van der Waals surface area contributed by atoms with Crippen molar-refractivity contribution in [1.29, 1.82) is 5.26 Å². The van der Waals surface area contributed by atoms with E-state index in [1.54, 1.807) is 0 Å². The van der Waals surface area contributed by atoms with Gasteiger partial charge >= 0.3 is 0 Å². The Morgan fingerprint density at radius 1 is 1.40 bits per heavy atom. The van der Waals surface area contributed by atoms with Crippen LogP contribution in [0.4, 0.5) is 0 Å². The van der Waals surface area contributed by atoms with Crippen molar-refractivity contribution in [3.63, 3.8) is 0 Å². The Morgan fingerprint density at radius 2 is 2.00 bits per heavy atom. The van der Waals surface area contributed by atoms with Gasteiger partial charge in [0.15, 0.2) is 0 Å². The van der Waals surface area contributed by atoms with E-state index in [0.29, 0.717) is 5.92 Å². The summed E-state index contributed by atoms with van der Waals surface area (Å²) in [6.07, 6.45) is 1.25. The van der Waals surface area contributed by atoms with E-state index in [2.05, 4.69) is 13.8 Å². The van der Waals surface area contributed by atoms with Crippen LogP contribution >= 0.6 is 0 Å². The van der Waals surface area contributed by atoms with Crippen LogP contribution in [0.2, 0.25) is 0 Å². The van der Waals surface area contributed by atoms with Crippen LogP contribution in [0.1, 0.15) is 27.2 Å². The molecule has 0 spiro atoms. The lowest BCUT2D eigenvalue weighted by Crippen LogP contribution is -2.11. The molecule has 58 valence electrons. The third-order valence-corrected chi connectivity index (χ3v) is 1.24. The van der Waals surface area contributed by atoms with Crippen molar-refractivity contribution in [2.45, 2.75) is 33.3 Å². The van der Waals surface area contributed by atoms with Crippen LogP contribution in [0, 0.1) is 17.2 Å². The highest BCUT2D eigenvalue weighted by Gasteiger charge is 2.03. The second-order valence-electron chi connectivity index (χ2n) is 2.91. The van der Waals surface area contributed by atoms with Gasteiger partial charge in [0.1, 0.15) is 6.61 Å². The second-order valence-corrected chi connectivity index (χ2v) is 2.91. The lowest BCUT2D eigenvalue weighted by atomic mass is 10.1. The first-order valence-corrected chi connectivity index (χ1v) is 3.65. The molecule has 0 saturated heterocycles. The lowest BCUT2D eigenvalue weighted by Gasteiger charge is -2.12. The summed E-state index contributed by atoms with van der Waals surface area (Å²) in [7, 11) is 0. The van der Waals surface area contributed by atoms with E-state index in [-0.39, 0.29) is 12.7 Å². The third kappa shape index (κ3) is 5.58. The number of ether oxygens (including phenoxy) is 1. The van der Waals surface area contributed by atoms with Gasteiger partial charge in [-0.2, -0.15) is 5.26 Å². The summed E-state index contributed by atoms with van der Waals surface area (Å²) in [5, 5.41) is 8.17. The number of rotatable bonds is 4. The molecule has 0 rings (SSSR count). The monoisotopic (exact) mass is 141 g/mol. The summed E-state index contributed by atoms with van der Waals surface area (Å²) >= 11 is 0. The summed E-state index contributed by atoms with van der Waals surface area (Å²) in [6.45, 7) is 6.50. The molecule has 0 saturated carbocycles. The number of nitrogens with zero attached hydrogens (tertiary/aromatic N) is 1. The average Bonchev–Trinajstić information content (AvgIpc) is 1.82. The van der Waals surface area contributed by atoms with Gasteiger partial charge in [-0.15, -0.1) is 0 Å². The van der Waals surface area contributed by atoms with Crippen molar-refractivity contribution in [2.75, 3.05) is 6.61 Å². The Balaban J connectivity index is 3.27. The quantitative estimate of drug-likeness (QED) is 0.599. The summed E-state index contributed by atoms with van der Waals surface area (Å²) < 4.78 is 5.14. The van der Waals surface area contributed by atoms with Crippen LogP contribution in [-0.2, 0) is 4.74 Å². The number of hydrogen-bond acceptors (Lipinski definition) is 2. The van der Waals surface area contributed by atoms with Crippen molar-refractivity contribution in [3.05, 3.63) is 0 Å². The van der Waals surface area contributed by atoms with Gasteiger partial charge in [0.05, 0.1) is 12.2 Å². The maximum absolute atomic E-state index is 8.17. The first-order chi connectivity index (χ1) is 4.66. The largest absolute Gasteiger partial charge is 0.364 e. The highest BCUT2D eigenvalue weighted by atomic mass is 16.5. The molecular formula is C8H15NO. The molecule has 0 bridgehead atoms. The molecule has 0 amide bonds. The normalized spacial score (nSPS) is 13.1. The molecule has 10 heavy (non-hydrogen) atoms. The van der Waals surface area contributed by atoms with Gasteiger partial charge in [0.2, 0.25) is 0 Å². The van der Waals surface area contributed by atoms with Gasteiger partial charge < -0.3 is 4.74 Å². The van der Waals surface area contributed by atoms with E-state index in [1.165, 1.54) is 0 Å². The molecule has 2 nitrogen and oxygen atoms in total. The second kappa shape index (κ2) is 5.25. The highest BCUT2D eigenvalue weighted by Crippen LogP contribution is 2.06. The Hall–Kier alpha value is -0.550. The molecule has 0 radical (unpaired) electrons. The van der Waals surface area contributed by atoms with Crippen LogP contribution in [0.25, 0.3) is 0 Å². The van der Waals surface area contributed by atoms with E-state index in [4.69, 9.17) is 10.00 Å². The molecule has 1 atom stereocenters. The minimum Gasteiger partial charge on any atom is -0.364 e. The van der Waals surface area contributed by atoms with Gasteiger partial charge in [-0.3, -0.25) is 0 Å². The summed E-state index contributed by atoms with van der Waals surface area (Å²) in [4.78, 5) is 0. The average molecular weight is 141 g/mol. The first-order valence-electron chi connectivity index (χ1n) is 3.65. The highest BCUT2D eigenvalue weighted by molar-refractivity contribution is 4.68. The van der Waals surface area contributed by atoms with E-state index < -0.39 is 0 Å². The predicted octanol–water partition coefficient (Wildman–Crippen LogP) is 1.96. The van der Waals surface area contributed by atoms with Gasteiger partial charge in [0, 0.05) is 0 Å². The van der Waals surface area contributed by atoms with Crippen LogP contribution in [0.5, 0.6) is 0 Å². The molecule has 0 aliphatic rings. The SMILES string of the molecule is CC(C)CC(C)OCC#N. The molecule has 0 aliphatic carbocycles.